The Morgan fingerprint density at radius 3 is 2.32 bits per heavy atom. The van der Waals surface area contributed by atoms with Crippen molar-refractivity contribution in [2.24, 2.45) is 0 Å². The molecule has 2 heterocycles. The van der Waals surface area contributed by atoms with Crippen LogP contribution in [0.4, 0.5) is 13.2 Å². The third-order valence-electron chi connectivity index (χ3n) is 7.52. The summed E-state index contributed by atoms with van der Waals surface area (Å²) in [6.07, 6.45) is -2.58. The van der Waals surface area contributed by atoms with Crippen molar-refractivity contribution in [2.75, 3.05) is 20.2 Å². The van der Waals surface area contributed by atoms with Gasteiger partial charge in [0, 0.05) is 35.1 Å². The van der Waals surface area contributed by atoms with Crippen LogP contribution < -0.4 is 15.4 Å². The van der Waals surface area contributed by atoms with E-state index in [1.807, 2.05) is 13.8 Å². The zero-order valence-electron chi connectivity index (χ0n) is 23.1. The normalized spacial score (nSPS) is 16.7. The van der Waals surface area contributed by atoms with Crippen molar-refractivity contribution in [3.63, 3.8) is 0 Å². The lowest BCUT2D eigenvalue weighted by Gasteiger charge is -2.39. The van der Waals surface area contributed by atoms with E-state index >= 15 is 0 Å². The Labute approximate surface area is 242 Å². The molecule has 7 nitrogen and oxygen atoms in total. The zero-order valence-corrected chi connectivity index (χ0v) is 24.8. The molecule has 3 aromatic rings. The minimum Gasteiger partial charge on any atom is -0.497 e. The number of hydrogen-bond acceptors (Lipinski definition) is 6. The Hall–Kier alpha value is -2.93. The van der Waals surface area contributed by atoms with Gasteiger partial charge in [-0.3, -0.25) is 4.79 Å². The lowest BCUT2D eigenvalue weighted by atomic mass is 9.87. The molecule has 1 aromatic heterocycles. The summed E-state index contributed by atoms with van der Waals surface area (Å²) in [5.74, 6) is 0.284. The second-order valence-electron chi connectivity index (χ2n) is 10.2. The number of nitrogens with one attached hydrogen (secondary N) is 2. The molecule has 0 saturated carbocycles. The van der Waals surface area contributed by atoms with Crippen molar-refractivity contribution in [1.29, 1.82) is 0 Å². The number of rotatable bonds is 10. The maximum absolute atomic E-state index is 13.3. The number of benzene rings is 2. The van der Waals surface area contributed by atoms with Crippen LogP contribution in [-0.4, -0.2) is 44.9 Å². The highest BCUT2D eigenvalue weighted by Gasteiger charge is 2.35. The van der Waals surface area contributed by atoms with Crippen LogP contribution in [0, 0.1) is 0 Å². The van der Waals surface area contributed by atoms with E-state index in [2.05, 4.69) is 10.6 Å². The van der Waals surface area contributed by atoms with Crippen molar-refractivity contribution in [1.82, 2.24) is 14.9 Å². The summed E-state index contributed by atoms with van der Waals surface area (Å²) in [6, 6.07) is 15.3. The first-order valence-electron chi connectivity index (χ1n) is 13.3. The lowest BCUT2D eigenvalue weighted by molar-refractivity contribution is -0.137. The van der Waals surface area contributed by atoms with Gasteiger partial charge in [-0.2, -0.15) is 17.5 Å². The van der Waals surface area contributed by atoms with E-state index in [4.69, 9.17) is 4.74 Å². The van der Waals surface area contributed by atoms with E-state index in [9.17, 15) is 26.4 Å². The van der Waals surface area contributed by atoms with Crippen LogP contribution in [0.25, 0.3) is 0 Å². The number of sulfonamides is 1. The second-order valence-corrected chi connectivity index (χ2v) is 13.6. The largest absolute Gasteiger partial charge is 0.497 e. The predicted octanol–water partition coefficient (Wildman–Crippen LogP) is 5.77. The van der Waals surface area contributed by atoms with E-state index < -0.39 is 27.3 Å². The van der Waals surface area contributed by atoms with Gasteiger partial charge >= 0.3 is 6.18 Å². The maximum Gasteiger partial charge on any atom is 0.416 e. The first kappa shape index (κ1) is 31.0. The van der Waals surface area contributed by atoms with Gasteiger partial charge < -0.3 is 15.4 Å². The number of ether oxygens (including phenoxy) is 1. The molecule has 1 saturated heterocycles. The molecule has 0 spiro atoms. The van der Waals surface area contributed by atoms with Gasteiger partial charge in [0.2, 0.25) is 0 Å². The fourth-order valence-electron chi connectivity index (χ4n) is 4.86. The summed E-state index contributed by atoms with van der Waals surface area (Å²) < 4.78 is 72.5. The van der Waals surface area contributed by atoms with Gasteiger partial charge in [0.05, 0.1) is 19.2 Å². The van der Waals surface area contributed by atoms with Gasteiger partial charge in [-0.25, -0.2) is 8.42 Å². The highest BCUT2D eigenvalue weighted by atomic mass is 32.2. The van der Waals surface area contributed by atoms with Gasteiger partial charge in [-0.1, -0.05) is 25.1 Å². The summed E-state index contributed by atoms with van der Waals surface area (Å²) in [7, 11) is -2.17. The highest BCUT2D eigenvalue weighted by Crippen LogP contribution is 2.33. The molecule has 1 atom stereocenters. The molecule has 222 valence electrons. The van der Waals surface area contributed by atoms with E-state index in [0.717, 1.165) is 29.0 Å². The molecule has 12 heteroatoms. The predicted molar refractivity (Wildman–Crippen MR) is 152 cm³/mol. The number of carbonyl (C=O) groups is 1. The summed E-state index contributed by atoms with van der Waals surface area (Å²) in [4.78, 5) is 13.2. The first-order valence-corrected chi connectivity index (χ1v) is 15.6. The molecule has 0 aliphatic carbocycles. The average molecular weight is 610 g/mol. The molecule has 41 heavy (non-hydrogen) atoms. The number of halogens is 3. The van der Waals surface area contributed by atoms with Crippen molar-refractivity contribution < 1.29 is 31.1 Å². The SMILES string of the molecule is CCC(C)(NC1CCN(S(=O)(=O)c2ccc(CNC(=O)c3cccc(OC)c3)s2)CC1)c1ccc(C(F)(F)F)cc1. The molecule has 2 aromatic carbocycles. The summed E-state index contributed by atoms with van der Waals surface area (Å²) in [6.45, 7) is 4.78. The van der Waals surface area contributed by atoms with Crippen molar-refractivity contribution >= 4 is 27.3 Å². The number of methoxy groups -OCH3 is 1. The molecule has 1 aliphatic rings. The minimum absolute atomic E-state index is 0.0133. The molecular weight excluding hydrogens is 575 g/mol. The lowest BCUT2D eigenvalue weighted by Crippen LogP contribution is -2.51. The highest BCUT2D eigenvalue weighted by molar-refractivity contribution is 7.91. The third kappa shape index (κ3) is 7.29. The monoisotopic (exact) mass is 609 g/mol. The minimum atomic E-state index is -4.39. The Morgan fingerprint density at radius 1 is 1.05 bits per heavy atom. The fourth-order valence-corrected chi connectivity index (χ4v) is 7.78. The van der Waals surface area contributed by atoms with Crippen LogP contribution in [0.15, 0.2) is 64.9 Å². The van der Waals surface area contributed by atoms with Gasteiger partial charge in [-0.05, 0) is 74.2 Å². The van der Waals surface area contributed by atoms with Crippen LogP contribution in [0.3, 0.4) is 0 Å². The Balaban J connectivity index is 1.33. The molecule has 1 unspecified atom stereocenters. The molecular formula is C29H34F3N3O4S2. The number of amides is 1. The number of piperidine rings is 1. The Bertz CT molecular complexity index is 1450. The van der Waals surface area contributed by atoms with Crippen LogP contribution in [-0.2, 0) is 28.3 Å². The number of alkyl halides is 3. The number of thiophene rings is 1. The number of nitrogens with zero attached hydrogens (tertiary/aromatic N) is 1. The van der Waals surface area contributed by atoms with E-state index in [0.29, 0.717) is 48.5 Å². The first-order chi connectivity index (χ1) is 19.4. The van der Waals surface area contributed by atoms with E-state index in [-0.39, 0.29) is 22.7 Å². The van der Waals surface area contributed by atoms with Crippen LogP contribution >= 0.6 is 11.3 Å². The smallest absolute Gasteiger partial charge is 0.416 e. The van der Waals surface area contributed by atoms with Gasteiger partial charge in [0.1, 0.15) is 9.96 Å². The maximum atomic E-state index is 13.3. The Kier molecular flexibility index (Phi) is 9.47. The van der Waals surface area contributed by atoms with Crippen LogP contribution in [0.5, 0.6) is 5.75 Å². The van der Waals surface area contributed by atoms with Crippen molar-refractivity contribution in [3.8, 4) is 5.75 Å². The van der Waals surface area contributed by atoms with Crippen LogP contribution in [0.1, 0.15) is 59.5 Å². The molecule has 2 N–H and O–H groups in total. The second kappa shape index (κ2) is 12.5. The number of hydrogen-bond donors (Lipinski definition) is 2. The van der Waals surface area contributed by atoms with Crippen molar-refractivity contribution in [3.05, 3.63) is 82.2 Å². The molecule has 4 rings (SSSR count). The van der Waals surface area contributed by atoms with E-state index in [1.54, 1.807) is 36.4 Å². The molecule has 1 fully saturated rings. The zero-order chi connectivity index (χ0) is 29.8. The fraction of sp³-hybridized carbons (Fsp3) is 0.414. The van der Waals surface area contributed by atoms with Gasteiger partial charge in [0.25, 0.3) is 15.9 Å². The molecule has 1 aliphatic heterocycles. The number of carbonyl (C=O) groups excluding carboxylic acids is 1. The van der Waals surface area contributed by atoms with E-state index in [1.165, 1.54) is 23.5 Å². The quantitative estimate of drug-likeness (QED) is 0.305. The Morgan fingerprint density at radius 2 is 1.71 bits per heavy atom. The van der Waals surface area contributed by atoms with Crippen LogP contribution in [0.2, 0.25) is 0 Å². The average Bonchev–Trinajstić information content (AvgIpc) is 3.46. The summed E-state index contributed by atoms with van der Waals surface area (Å²) in [5.41, 5.74) is -0.0297. The standard InChI is InChI=1S/C29H34F3N3O4S2/c1-4-28(2,21-8-10-22(11-9-21)29(30,31)32)34-23-14-16-35(17-15-23)41(37,38)26-13-12-25(40-26)19-33-27(36)20-6-5-7-24(18-20)39-3/h5-13,18,23,34H,4,14-17,19H2,1-3H3,(H,33,36). The molecule has 0 bridgehead atoms. The van der Waals surface area contributed by atoms with Gasteiger partial charge in [-0.15, -0.1) is 11.3 Å². The topological polar surface area (TPSA) is 87.7 Å². The van der Waals surface area contributed by atoms with Crippen molar-refractivity contribution in [2.45, 2.75) is 61.6 Å². The molecule has 0 radical (unpaired) electrons. The van der Waals surface area contributed by atoms with Gasteiger partial charge in [0.15, 0.2) is 0 Å². The summed E-state index contributed by atoms with van der Waals surface area (Å²) in [5, 5.41) is 6.38. The summed E-state index contributed by atoms with van der Waals surface area (Å²) >= 11 is 1.13. The third-order valence-corrected chi connectivity index (χ3v) is 11.0. The molecule has 1 amide bonds.